The number of hydrogen-bond donors (Lipinski definition) is 2. The molecule has 4 rings (SSSR count). The maximum Gasteiger partial charge on any atom is 0.224 e. The van der Waals surface area contributed by atoms with E-state index in [-0.39, 0.29) is 26.6 Å². The van der Waals surface area contributed by atoms with Crippen molar-refractivity contribution in [1.82, 2.24) is 9.88 Å². The van der Waals surface area contributed by atoms with Gasteiger partial charge in [0.05, 0.1) is 27.2 Å². The molecule has 5 nitrogen and oxygen atoms in total. The zero-order valence-electron chi connectivity index (χ0n) is 15.1. The number of piperidine rings is 1. The summed E-state index contributed by atoms with van der Waals surface area (Å²) in [4.78, 5) is 18.4. The Bertz CT molecular complexity index is 871. The molecule has 0 aliphatic carbocycles. The van der Waals surface area contributed by atoms with Crippen molar-refractivity contribution in [3.05, 3.63) is 52.1 Å². The molecule has 7 heteroatoms. The van der Waals surface area contributed by atoms with Crippen molar-refractivity contribution < 1.29 is 9.18 Å². The fraction of sp³-hybridized carbons (Fsp3) is 0.350. The van der Waals surface area contributed by atoms with Crippen LogP contribution in [0.4, 0.5) is 15.8 Å². The van der Waals surface area contributed by atoms with Crippen LogP contribution in [0.3, 0.4) is 0 Å². The van der Waals surface area contributed by atoms with E-state index in [1.54, 1.807) is 0 Å². The molecule has 1 fully saturated rings. The summed E-state index contributed by atoms with van der Waals surface area (Å²) in [6, 6.07) is 11.7. The van der Waals surface area contributed by atoms with Gasteiger partial charge < -0.3 is 10.6 Å². The smallest absolute Gasteiger partial charge is 0.224 e. The standard InChI is InChI=1S/C20H22FIN4O/c1-26-9-8-13(11-19(27)24-14-6-7-18(21)23-12-14)10-17(26)20-22-15-4-2-3-5-16(15)25-20/h2-7,12-13,17,25H,8-11H2,1H3,(H,24,27)/t13-,17?/m1/s1. The first kappa shape index (κ1) is 18.5. The predicted molar refractivity (Wildman–Crippen MR) is 114 cm³/mol. The molecule has 1 amide bonds. The fourth-order valence-electron chi connectivity index (χ4n) is 3.62. The molecule has 0 saturated carbocycles. The first-order chi connectivity index (χ1) is 13.1. The number of amides is 1. The third-order valence-corrected chi connectivity index (χ3v) is 8.18. The molecule has 2 aromatic rings. The van der Waals surface area contributed by atoms with Gasteiger partial charge in [-0.3, -0.25) is 9.69 Å². The van der Waals surface area contributed by atoms with E-state index in [4.69, 9.17) is 0 Å². The summed E-state index contributed by atoms with van der Waals surface area (Å²) in [5.41, 5.74) is 1.79. The number of nitrogens with one attached hydrogen (secondary N) is 2. The van der Waals surface area contributed by atoms with Gasteiger partial charge in [0.2, 0.25) is 11.9 Å². The normalized spacial score (nSPS) is 22.2. The quantitative estimate of drug-likeness (QED) is 0.519. The number of nitrogens with zero attached hydrogens (tertiary/aromatic N) is 2. The zero-order valence-corrected chi connectivity index (χ0v) is 17.2. The molecule has 1 saturated heterocycles. The number of halogens is 2. The molecule has 1 unspecified atom stereocenters. The van der Waals surface area contributed by atoms with Crippen molar-refractivity contribution in [3.8, 4) is 0 Å². The highest BCUT2D eigenvalue weighted by molar-refractivity contribution is 14.2. The maximum absolute atomic E-state index is 12.9. The van der Waals surface area contributed by atoms with E-state index < -0.39 is 5.95 Å². The maximum atomic E-state index is 12.9. The molecule has 1 aromatic carbocycles. The van der Waals surface area contributed by atoms with E-state index in [0.717, 1.165) is 19.4 Å². The first-order valence-electron chi connectivity index (χ1n) is 9.08. The molecule has 2 atom stereocenters. The number of carbonyl (C=O) groups is 1. The lowest BCUT2D eigenvalue weighted by atomic mass is 9.88. The van der Waals surface area contributed by atoms with Crippen LogP contribution in [0.5, 0.6) is 0 Å². The summed E-state index contributed by atoms with van der Waals surface area (Å²) < 4.78 is 15.8. The van der Waals surface area contributed by atoms with E-state index in [1.807, 2.05) is 0 Å². The molecule has 142 valence electrons. The highest BCUT2D eigenvalue weighted by Gasteiger charge is 2.32. The first-order valence-corrected chi connectivity index (χ1v) is 11.2. The molecular weight excluding hydrogens is 458 g/mol. The van der Waals surface area contributed by atoms with Crippen LogP contribution in [0.15, 0.2) is 42.6 Å². The van der Waals surface area contributed by atoms with Crippen molar-refractivity contribution in [2.24, 2.45) is 5.92 Å². The molecular formula is C20H22FIN4O. The average Bonchev–Trinajstić information content (AvgIpc) is 3.09. The van der Waals surface area contributed by atoms with E-state index in [2.05, 4.69) is 51.8 Å². The summed E-state index contributed by atoms with van der Waals surface area (Å²) in [6.07, 6.45) is 3.84. The fourth-order valence-corrected chi connectivity index (χ4v) is 6.75. The number of carbonyl (C=O) groups excluding carboxylic acids is 1. The minimum absolute atomic E-state index is 0.0286. The Labute approximate surface area is 168 Å². The number of likely N-dealkylation sites (tertiary alicyclic amines) is 1. The number of fused-ring (bicyclic) bond motifs is 1. The van der Waals surface area contributed by atoms with Crippen LogP contribution in [0.1, 0.15) is 19.3 Å². The third kappa shape index (κ3) is 4.35. The van der Waals surface area contributed by atoms with E-state index in [9.17, 15) is 9.18 Å². The molecule has 1 aromatic heterocycles. The Balaban J connectivity index is 1.38. The molecule has 3 heterocycles. The highest BCUT2D eigenvalue weighted by atomic mass is 127. The lowest BCUT2D eigenvalue weighted by Gasteiger charge is -2.37. The van der Waals surface area contributed by atoms with E-state index in [1.165, 1.54) is 31.2 Å². The lowest BCUT2D eigenvalue weighted by molar-refractivity contribution is -0.117. The minimum atomic E-state index is -0.545. The minimum Gasteiger partial charge on any atom is -0.352 e. The predicted octanol–water partition coefficient (Wildman–Crippen LogP) is 3.66. The largest absolute Gasteiger partial charge is 0.352 e. The van der Waals surface area contributed by atoms with Crippen LogP contribution in [0.25, 0.3) is 0 Å². The Morgan fingerprint density at radius 2 is 2.22 bits per heavy atom. The second-order valence-corrected chi connectivity index (χ2v) is 9.92. The number of likely N-dealkylation sites (N-methyl/N-ethyl adjacent to an activating group) is 1. The Hall–Kier alpha value is -1.87. The van der Waals surface area contributed by atoms with Crippen molar-refractivity contribution in [2.45, 2.75) is 25.3 Å². The van der Waals surface area contributed by atoms with Crippen LogP contribution >= 0.6 is 20.7 Å². The molecule has 2 N–H and O–H groups in total. The number of benzene rings is 1. The molecule has 2 aliphatic rings. The molecule has 27 heavy (non-hydrogen) atoms. The highest BCUT2D eigenvalue weighted by Crippen LogP contribution is 2.35. The van der Waals surface area contributed by atoms with Gasteiger partial charge in [0.25, 0.3) is 0 Å². The molecule has 0 spiro atoms. The van der Waals surface area contributed by atoms with Gasteiger partial charge in [0.1, 0.15) is 0 Å². The van der Waals surface area contributed by atoms with Crippen molar-refractivity contribution >= 4 is 41.6 Å². The summed E-state index contributed by atoms with van der Waals surface area (Å²) in [6.45, 7) is 0.992. The summed E-state index contributed by atoms with van der Waals surface area (Å²) in [5, 5.41) is 6.46. The van der Waals surface area contributed by atoms with Gasteiger partial charge >= 0.3 is 0 Å². The summed E-state index contributed by atoms with van der Waals surface area (Å²) >= 11 is -0.161. The van der Waals surface area contributed by atoms with E-state index >= 15 is 0 Å². The van der Waals surface area contributed by atoms with Gasteiger partial charge in [-0.25, -0.2) is 4.98 Å². The molecule has 2 aliphatic heterocycles. The number of aromatic nitrogens is 1. The number of anilines is 2. The lowest BCUT2D eigenvalue weighted by Crippen LogP contribution is -2.46. The number of rotatable bonds is 4. The Morgan fingerprint density at radius 3 is 3.00 bits per heavy atom. The van der Waals surface area contributed by atoms with Crippen molar-refractivity contribution in [3.63, 3.8) is 0 Å². The SMILES string of the molecule is CN1CC[C@@H](CC(=O)Nc2ccc(F)nc2)CC1C1=Ic2ccccc2N1. The van der Waals surface area contributed by atoms with Crippen LogP contribution in [-0.4, -0.2) is 39.1 Å². The van der Waals surface area contributed by atoms with Gasteiger partial charge in [-0.2, -0.15) is 4.39 Å². The van der Waals surface area contributed by atoms with Crippen molar-refractivity contribution in [1.29, 1.82) is 0 Å². The van der Waals surface area contributed by atoms with Gasteiger partial charge in [0.15, 0.2) is 0 Å². The summed E-state index contributed by atoms with van der Waals surface area (Å²) in [7, 11) is 2.17. The van der Waals surface area contributed by atoms with Gasteiger partial charge in [0, 0.05) is 9.99 Å². The Morgan fingerprint density at radius 1 is 1.37 bits per heavy atom. The third-order valence-electron chi connectivity index (χ3n) is 5.09. The van der Waals surface area contributed by atoms with Crippen LogP contribution in [0.2, 0.25) is 0 Å². The second kappa shape index (κ2) is 8.02. The van der Waals surface area contributed by atoms with Gasteiger partial charge in [-0.15, -0.1) is 0 Å². The van der Waals surface area contributed by atoms with Gasteiger partial charge in [-0.1, -0.05) is 32.9 Å². The number of para-hydroxylation sites is 1. The second-order valence-electron chi connectivity index (χ2n) is 7.06. The van der Waals surface area contributed by atoms with Crippen LogP contribution in [0, 0.1) is 15.4 Å². The number of hydrogen-bond acceptors (Lipinski definition) is 4. The van der Waals surface area contributed by atoms with Crippen LogP contribution < -0.4 is 10.6 Å². The average molecular weight is 480 g/mol. The van der Waals surface area contributed by atoms with Gasteiger partial charge in [-0.05, 0) is 56.6 Å². The Kier molecular flexibility index (Phi) is 5.49. The summed E-state index contributed by atoms with van der Waals surface area (Å²) in [5.74, 6) is -0.225. The molecule has 0 bridgehead atoms. The van der Waals surface area contributed by atoms with E-state index in [0.29, 0.717) is 24.1 Å². The van der Waals surface area contributed by atoms with Crippen molar-refractivity contribution in [2.75, 3.05) is 24.2 Å². The zero-order chi connectivity index (χ0) is 18.8. The topological polar surface area (TPSA) is 57.3 Å². The van der Waals surface area contributed by atoms with Crippen LogP contribution in [-0.2, 0) is 4.79 Å². The monoisotopic (exact) mass is 480 g/mol. The number of pyridine rings is 1. The molecule has 0 radical (unpaired) electrons.